The second-order valence-corrected chi connectivity index (χ2v) is 6.11. The minimum Gasteiger partial charge on any atom is -0.379 e. The first kappa shape index (κ1) is 11.5. The highest BCUT2D eigenvalue weighted by Crippen LogP contribution is 2.42. The van der Waals surface area contributed by atoms with Crippen LogP contribution in [0.4, 0.5) is 5.69 Å². The van der Waals surface area contributed by atoms with Crippen LogP contribution < -0.4 is 5.32 Å². The lowest BCUT2D eigenvalue weighted by atomic mass is 9.91. The van der Waals surface area contributed by atoms with Gasteiger partial charge in [-0.15, -0.1) is 0 Å². The summed E-state index contributed by atoms with van der Waals surface area (Å²) < 4.78 is 0. The third kappa shape index (κ3) is 2.08. The summed E-state index contributed by atoms with van der Waals surface area (Å²) in [7, 11) is 0. The number of aromatic nitrogens is 2. The van der Waals surface area contributed by atoms with Crippen LogP contribution in [0.15, 0.2) is 0 Å². The predicted octanol–water partition coefficient (Wildman–Crippen LogP) is 3.26. The molecule has 3 heteroatoms. The van der Waals surface area contributed by atoms with Crippen LogP contribution in [-0.2, 0) is 0 Å². The zero-order valence-electron chi connectivity index (χ0n) is 11.0. The SMILES string of the molecule is Cc1n[nH]c(C)c1NC1CC(C)(C)CC1C. The van der Waals surface area contributed by atoms with Gasteiger partial charge in [0.2, 0.25) is 0 Å². The molecule has 1 aromatic rings. The van der Waals surface area contributed by atoms with E-state index < -0.39 is 0 Å². The van der Waals surface area contributed by atoms with Crippen molar-refractivity contribution >= 4 is 5.69 Å². The lowest BCUT2D eigenvalue weighted by molar-refractivity contribution is 0.366. The maximum absolute atomic E-state index is 4.23. The van der Waals surface area contributed by atoms with E-state index in [0.717, 1.165) is 17.3 Å². The first-order chi connectivity index (χ1) is 7.39. The number of aromatic amines is 1. The number of aryl methyl sites for hydroxylation is 2. The summed E-state index contributed by atoms with van der Waals surface area (Å²) in [5, 5.41) is 10.9. The first-order valence-electron chi connectivity index (χ1n) is 6.17. The fourth-order valence-corrected chi connectivity index (χ4v) is 3.04. The van der Waals surface area contributed by atoms with Crippen molar-refractivity contribution in [3.8, 4) is 0 Å². The van der Waals surface area contributed by atoms with Crippen molar-refractivity contribution in [1.29, 1.82) is 0 Å². The van der Waals surface area contributed by atoms with Crippen LogP contribution in [0, 0.1) is 25.2 Å². The van der Waals surface area contributed by atoms with Crippen LogP contribution in [0.3, 0.4) is 0 Å². The molecule has 2 rings (SSSR count). The molecule has 16 heavy (non-hydrogen) atoms. The maximum atomic E-state index is 4.23. The van der Waals surface area contributed by atoms with E-state index in [0.29, 0.717) is 11.5 Å². The van der Waals surface area contributed by atoms with Gasteiger partial charge in [-0.05, 0) is 38.0 Å². The Morgan fingerprint density at radius 2 is 2.00 bits per heavy atom. The third-order valence-corrected chi connectivity index (χ3v) is 3.79. The van der Waals surface area contributed by atoms with Gasteiger partial charge in [0.05, 0.1) is 17.1 Å². The average Bonchev–Trinajstić information content (AvgIpc) is 2.59. The molecule has 3 nitrogen and oxygen atoms in total. The Hall–Kier alpha value is -0.990. The highest BCUT2D eigenvalue weighted by atomic mass is 15.2. The summed E-state index contributed by atoms with van der Waals surface area (Å²) in [4.78, 5) is 0. The maximum Gasteiger partial charge on any atom is 0.0825 e. The first-order valence-corrected chi connectivity index (χ1v) is 6.17. The summed E-state index contributed by atoms with van der Waals surface area (Å²) in [6, 6.07) is 0.588. The standard InChI is InChI=1S/C13H23N3/c1-8-6-13(4,5)7-11(8)14-12-9(2)15-16-10(12)3/h8,11,14H,6-7H2,1-5H3,(H,15,16). The van der Waals surface area contributed by atoms with Gasteiger partial charge in [-0.3, -0.25) is 5.10 Å². The summed E-state index contributed by atoms with van der Waals surface area (Å²) in [5.74, 6) is 0.740. The van der Waals surface area contributed by atoms with E-state index in [9.17, 15) is 0 Å². The number of nitrogens with one attached hydrogen (secondary N) is 2. The molecule has 0 radical (unpaired) electrons. The van der Waals surface area contributed by atoms with Crippen molar-refractivity contribution in [2.45, 2.75) is 53.5 Å². The molecule has 2 unspecified atom stereocenters. The van der Waals surface area contributed by atoms with Crippen molar-refractivity contribution in [2.75, 3.05) is 5.32 Å². The number of H-pyrrole nitrogens is 1. The van der Waals surface area contributed by atoms with E-state index in [-0.39, 0.29) is 0 Å². The van der Waals surface area contributed by atoms with Crippen molar-refractivity contribution in [3.63, 3.8) is 0 Å². The molecule has 0 spiro atoms. The van der Waals surface area contributed by atoms with E-state index in [1.165, 1.54) is 18.5 Å². The Balaban J connectivity index is 2.11. The largest absolute Gasteiger partial charge is 0.379 e. The lowest BCUT2D eigenvalue weighted by Crippen LogP contribution is -2.23. The van der Waals surface area contributed by atoms with Crippen molar-refractivity contribution in [3.05, 3.63) is 11.4 Å². The smallest absolute Gasteiger partial charge is 0.0825 e. The van der Waals surface area contributed by atoms with Crippen LogP contribution >= 0.6 is 0 Å². The number of hydrogen-bond acceptors (Lipinski definition) is 2. The molecule has 1 heterocycles. The van der Waals surface area contributed by atoms with Gasteiger partial charge in [-0.25, -0.2) is 0 Å². The van der Waals surface area contributed by atoms with E-state index in [4.69, 9.17) is 0 Å². The van der Waals surface area contributed by atoms with Crippen molar-refractivity contribution < 1.29 is 0 Å². The average molecular weight is 221 g/mol. The van der Waals surface area contributed by atoms with Crippen LogP contribution in [0.2, 0.25) is 0 Å². The molecule has 1 fully saturated rings. The summed E-state index contributed by atoms with van der Waals surface area (Å²) in [6.07, 6.45) is 2.55. The third-order valence-electron chi connectivity index (χ3n) is 3.79. The molecule has 1 saturated carbocycles. The Kier molecular flexibility index (Phi) is 2.72. The van der Waals surface area contributed by atoms with E-state index in [2.05, 4.69) is 50.1 Å². The van der Waals surface area contributed by atoms with Gasteiger partial charge in [-0.1, -0.05) is 20.8 Å². The van der Waals surface area contributed by atoms with Gasteiger partial charge in [0.1, 0.15) is 0 Å². The van der Waals surface area contributed by atoms with E-state index in [1.54, 1.807) is 0 Å². The molecule has 1 aliphatic rings. The second kappa shape index (κ2) is 3.79. The van der Waals surface area contributed by atoms with Crippen LogP contribution in [0.5, 0.6) is 0 Å². The van der Waals surface area contributed by atoms with Gasteiger partial charge in [-0.2, -0.15) is 5.10 Å². The topological polar surface area (TPSA) is 40.7 Å². The molecule has 2 N–H and O–H groups in total. The van der Waals surface area contributed by atoms with Crippen LogP contribution in [-0.4, -0.2) is 16.2 Å². The number of anilines is 1. The van der Waals surface area contributed by atoms with Gasteiger partial charge in [0.15, 0.2) is 0 Å². The molecule has 0 aromatic carbocycles. The normalized spacial score (nSPS) is 28.3. The van der Waals surface area contributed by atoms with Crippen LogP contribution in [0.1, 0.15) is 45.0 Å². The molecule has 2 atom stereocenters. The lowest BCUT2D eigenvalue weighted by Gasteiger charge is -2.19. The highest BCUT2D eigenvalue weighted by Gasteiger charge is 2.36. The molecular formula is C13H23N3. The predicted molar refractivity (Wildman–Crippen MR) is 67.7 cm³/mol. The van der Waals surface area contributed by atoms with Gasteiger partial charge in [0.25, 0.3) is 0 Å². The Morgan fingerprint density at radius 3 is 2.44 bits per heavy atom. The molecule has 0 bridgehead atoms. The van der Waals surface area contributed by atoms with Gasteiger partial charge < -0.3 is 5.32 Å². The zero-order valence-corrected chi connectivity index (χ0v) is 11.0. The molecule has 1 aromatic heterocycles. The van der Waals surface area contributed by atoms with E-state index >= 15 is 0 Å². The van der Waals surface area contributed by atoms with Crippen LogP contribution in [0.25, 0.3) is 0 Å². The minimum absolute atomic E-state index is 0.475. The molecular weight excluding hydrogens is 198 g/mol. The summed E-state index contributed by atoms with van der Waals surface area (Å²) >= 11 is 0. The zero-order chi connectivity index (χ0) is 11.9. The molecule has 0 aliphatic heterocycles. The fourth-order valence-electron chi connectivity index (χ4n) is 3.04. The Morgan fingerprint density at radius 1 is 1.31 bits per heavy atom. The number of rotatable bonds is 2. The molecule has 0 amide bonds. The second-order valence-electron chi connectivity index (χ2n) is 6.11. The molecule has 0 saturated heterocycles. The quantitative estimate of drug-likeness (QED) is 0.804. The van der Waals surface area contributed by atoms with Gasteiger partial charge >= 0.3 is 0 Å². The number of nitrogens with zero attached hydrogens (tertiary/aromatic N) is 1. The minimum atomic E-state index is 0.475. The molecule has 1 aliphatic carbocycles. The Bertz CT molecular complexity index is 359. The number of hydrogen-bond donors (Lipinski definition) is 2. The van der Waals surface area contributed by atoms with Crippen molar-refractivity contribution in [2.24, 2.45) is 11.3 Å². The highest BCUT2D eigenvalue weighted by molar-refractivity contribution is 5.52. The molecule has 90 valence electrons. The van der Waals surface area contributed by atoms with Crippen molar-refractivity contribution in [1.82, 2.24) is 10.2 Å². The Labute approximate surface area is 98.0 Å². The summed E-state index contributed by atoms with van der Waals surface area (Å²) in [6.45, 7) is 11.2. The summed E-state index contributed by atoms with van der Waals surface area (Å²) in [5.41, 5.74) is 3.90. The fraction of sp³-hybridized carbons (Fsp3) is 0.769. The van der Waals surface area contributed by atoms with Gasteiger partial charge in [0, 0.05) is 6.04 Å². The monoisotopic (exact) mass is 221 g/mol. The van der Waals surface area contributed by atoms with E-state index in [1.807, 2.05) is 0 Å².